The summed E-state index contributed by atoms with van der Waals surface area (Å²) in [6.45, 7) is 8.01. The van der Waals surface area contributed by atoms with Crippen LogP contribution in [0.3, 0.4) is 0 Å². The van der Waals surface area contributed by atoms with E-state index in [1.807, 2.05) is 6.92 Å². The summed E-state index contributed by atoms with van der Waals surface area (Å²) in [6, 6.07) is 6.13. The predicted octanol–water partition coefficient (Wildman–Crippen LogP) is 4.63. The second kappa shape index (κ2) is 7.84. The molecule has 0 heterocycles. The number of carbonyl (C=O) groups is 2. The summed E-state index contributed by atoms with van der Waals surface area (Å²) in [6.07, 6.45) is 0.735. The molecule has 1 aromatic rings. The van der Waals surface area contributed by atoms with Crippen molar-refractivity contribution in [3.63, 3.8) is 0 Å². The first kappa shape index (κ1) is 18.8. The summed E-state index contributed by atoms with van der Waals surface area (Å²) < 4.78 is 0. The van der Waals surface area contributed by atoms with Gasteiger partial charge in [-0.2, -0.15) is 0 Å². The molecule has 0 aliphatic rings. The van der Waals surface area contributed by atoms with E-state index >= 15 is 0 Å². The summed E-state index contributed by atoms with van der Waals surface area (Å²) in [5.41, 5.74) is 0.221. The highest BCUT2D eigenvalue weighted by Crippen LogP contribution is 2.28. The van der Waals surface area contributed by atoms with E-state index in [2.05, 4.69) is 30.5 Å². The number of hydrogen-bond acceptors (Lipinski definition) is 4. The molecule has 4 nitrogen and oxygen atoms in total. The van der Waals surface area contributed by atoms with Gasteiger partial charge < -0.3 is 0 Å². The molecule has 122 valence electrons. The third-order valence-corrected chi connectivity index (χ3v) is 3.76. The second-order valence-corrected chi connectivity index (χ2v) is 7.33. The number of alkyl halides is 1. The van der Waals surface area contributed by atoms with Crippen molar-refractivity contribution in [2.45, 2.75) is 39.5 Å². The zero-order valence-corrected chi connectivity index (χ0v) is 14.6. The molecule has 6 heteroatoms. The van der Waals surface area contributed by atoms with Crippen LogP contribution < -0.4 is 0 Å². The summed E-state index contributed by atoms with van der Waals surface area (Å²) in [5.74, 6) is -1.70. The van der Waals surface area contributed by atoms with Gasteiger partial charge in [0.15, 0.2) is 0 Å². The number of rotatable bonds is 4. The highest BCUT2D eigenvalue weighted by Gasteiger charge is 2.29. The molecule has 0 spiro atoms. The lowest BCUT2D eigenvalue weighted by Crippen LogP contribution is -2.28. The smallest absolute Gasteiger partial charge is 0.246 e. The molecule has 0 radical (unpaired) electrons. The molecule has 0 N–H and O–H groups in total. The largest absolute Gasteiger partial charge is 0.386 e. The van der Waals surface area contributed by atoms with Crippen molar-refractivity contribution in [2.24, 2.45) is 11.3 Å². The molecular weight excluding hydrogens is 327 g/mol. The van der Waals surface area contributed by atoms with Crippen LogP contribution >= 0.6 is 23.2 Å². The van der Waals surface area contributed by atoms with Gasteiger partial charge in [0.2, 0.25) is 0 Å². The van der Waals surface area contributed by atoms with Gasteiger partial charge in [0.1, 0.15) is 5.38 Å². The molecule has 0 aromatic heterocycles. The number of hydrogen-bond donors (Lipinski definition) is 0. The fraction of sp³-hybridized carbons (Fsp3) is 0.500. The maximum absolute atomic E-state index is 11.8. The van der Waals surface area contributed by atoms with Crippen LogP contribution in [0.15, 0.2) is 24.3 Å². The summed E-state index contributed by atoms with van der Waals surface area (Å²) >= 11 is 11.8. The number of carbonyl (C=O) groups excluding carboxylic acids is 2. The Morgan fingerprint density at radius 2 is 1.86 bits per heavy atom. The van der Waals surface area contributed by atoms with Gasteiger partial charge in [-0.25, -0.2) is 19.4 Å². The van der Waals surface area contributed by atoms with Gasteiger partial charge in [-0.3, -0.25) is 0 Å². The zero-order valence-electron chi connectivity index (χ0n) is 13.1. The Balaban J connectivity index is 2.53. The van der Waals surface area contributed by atoms with Gasteiger partial charge in [-0.15, -0.1) is 11.6 Å². The first-order chi connectivity index (χ1) is 10.1. The molecule has 0 bridgehead atoms. The van der Waals surface area contributed by atoms with Crippen molar-refractivity contribution in [1.29, 1.82) is 0 Å². The van der Waals surface area contributed by atoms with Crippen molar-refractivity contribution < 1.29 is 19.4 Å². The van der Waals surface area contributed by atoms with E-state index in [4.69, 9.17) is 23.2 Å². The fourth-order valence-corrected chi connectivity index (χ4v) is 2.41. The Morgan fingerprint density at radius 3 is 2.41 bits per heavy atom. The second-order valence-electron chi connectivity index (χ2n) is 6.43. The molecule has 1 rings (SSSR count). The summed E-state index contributed by atoms with van der Waals surface area (Å²) in [7, 11) is 0. The Hall–Kier alpha value is -1.26. The standard InChI is InChI=1S/C16H20Cl2O4/c1-10(9-16(2,3)4)13(18)15(20)22-21-14(19)11-6-5-7-12(17)8-11/h5-8,10,13H,9H2,1-4H3. The van der Waals surface area contributed by atoms with Crippen LogP contribution in [0.2, 0.25) is 5.02 Å². The molecule has 0 fully saturated rings. The van der Waals surface area contributed by atoms with Crippen molar-refractivity contribution in [3.8, 4) is 0 Å². The lowest BCUT2D eigenvalue weighted by molar-refractivity contribution is -0.234. The molecule has 0 amide bonds. The van der Waals surface area contributed by atoms with Gasteiger partial charge in [0.05, 0.1) is 5.56 Å². The van der Waals surface area contributed by atoms with Crippen LogP contribution in [0.25, 0.3) is 0 Å². The van der Waals surface area contributed by atoms with E-state index in [9.17, 15) is 9.59 Å². The lowest BCUT2D eigenvalue weighted by atomic mass is 9.84. The fourth-order valence-electron chi connectivity index (χ4n) is 2.09. The van der Waals surface area contributed by atoms with Crippen LogP contribution in [-0.2, 0) is 14.6 Å². The van der Waals surface area contributed by atoms with Crippen molar-refractivity contribution in [1.82, 2.24) is 0 Å². The van der Waals surface area contributed by atoms with E-state index in [0.29, 0.717) is 5.02 Å². The maximum atomic E-state index is 11.8. The Labute approximate surface area is 140 Å². The third-order valence-electron chi connectivity index (χ3n) is 2.92. The number of halogens is 2. The lowest BCUT2D eigenvalue weighted by Gasteiger charge is -2.24. The van der Waals surface area contributed by atoms with E-state index in [0.717, 1.165) is 6.42 Å². The van der Waals surface area contributed by atoms with Gasteiger partial charge in [0.25, 0.3) is 0 Å². The first-order valence-electron chi connectivity index (χ1n) is 6.92. The predicted molar refractivity (Wildman–Crippen MR) is 85.8 cm³/mol. The average Bonchev–Trinajstić information content (AvgIpc) is 2.41. The Morgan fingerprint density at radius 1 is 1.23 bits per heavy atom. The molecule has 2 unspecified atom stereocenters. The maximum Gasteiger partial charge on any atom is 0.386 e. The minimum absolute atomic E-state index is 0.0320. The number of benzene rings is 1. The van der Waals surface area contributed by atoms with Crippen LogP contribution in [0, 0.1) is 11.3 Å². The Bertz CT molecular complexity index is 537. The summed E-state index contributed by atoms with van der Waals surface area (Å²) in [5, 5.41) is -0.499. The van der Waals surface area contributed by atoms with Gasteiger partial charge in [0, 0.05) is 5.02 Å². The Kier molecular flexibility index (Phi) is 6.69. The molecule has 0 saturated heterocycles. The highest BCUT2D eigenvalue weighted by atomic mass is 35.5. The normalized spacial score (nSPS) is 14.1. The first-order valence-corrected chi connectivity index (χ1v) is 7.74. The van der Waals surface area contributed by atoms with E-state index in [-0.39, 0.29) is 16.9 Å². The SMILES string of the molecule is CC(CC(C)(C)C)C(Cl)C(=O)OOC(=O)c1cccc(Cl)c1. The quantitative estimate of drug-likeness (QED) is 0.453. The van der Waals surface area contributed by atoms with Crippen LogP contribution in [0.1, 0.15) is 44.5 Å². The van der Waals surface area contributed by atoms with Crippen molar-refractivity contribution in [3.05, 3.63) is 34.9 Å². The summed E-state index contributed by atoms with van der Waals surface area (Å²) in [4.78, 5) is 32.6. The minimum atomic E-state index is -0.883. The van der Waals surface area contributed by atoms with E-state index in [1.165, 1.54) is 12.1 Å². The van der Waals surface area contributed by atoms with Crippen LogP contribution in [-0.4, -0.2) is 17.3 Å². The van der Waals surface area contributed by atoms with E-state index < -0.39 is 17.3 Å². The van der Waals surface area contributed by atoms with Gasteiger partial charge in [-0.05, 0) is 36.0 Å². The van der Waals surface area contributed by atoms with Crippen LogP contribution in [0.4, 0.5) is 0 Å². The highest BCUT2D eigenvalue weighted by molar-refractivity contribution is 6.31. The third kappa shape index (κ3) is 6.24. The molecule has 2 atom stereocenters. The molecule has 22 heavy (non-hydrogen) atoms. The minimum Gasteiger partial charge on any atom is -0.246 e. The molecule has 0 saturated carbocycles. The average molecular weight is 347 g/mol. The molecule has 1 aromatic carbocycles. The zero-order chi connectivity index (χ0) is 16.9. The molecule has 0 aliphatic carbocycles. The van der Waals surface area contributed by atoms with Crippen molar-refractivity contribution >= 4 is 35.1 Å². The molecule has 0 aliphatic heterocycles. The topological polar surface area (TPSA) is 52.6 Å². The monoisotopic (exact) mass is 346 g/mol. The van der Waals surface area contributed by atoms with Crippen LogP contribution in [0.5, 0.6) is 0 Å². The molecular formula is C16H20Cl2O4. The van der Waals surface area contributed by atoms with Gasteiger partial charge in [-0.1, -0.05) is 45.4 Å². The van der Waals surface area contributed by atoms with E-state index in [1.54, 1.807) is 12.1 Å². The van der Waals surface area contributed by atoms with Gasteiger partial charge >= 0.3 is 11.9 Å². The van der Waals surface area contributed by atoms with Crippen molar-refractivity contribution in [2.75, 3.05) is 0 Å².